The van der Waals surface area contributed by atoms with Crippen LogP contribution in [0.5, 0.6) is 5.88 Å². The van der Waals surface area contributed by atoms with E-state index in [1.54, 1.807) is 24.0 Å². The number of aryl methyl sites for hydroxylation is 1. The van der Waals surface area contributed by atoms with E-state index in [0.717, 1.165) is 5.56 Å². The van der Waals surface area contributed by atoms with Gasteiger partial charge in [0.2, 0.25) is 17.7 Å². The van der Waals surface area contributed by atoms with E-state index >= 15 is 0 Å². The highest BCUT2D eigenvalue weighted by Crippen LogP contribution is 2.55. The summed E-state index contributed by atoms with van der Waals surface area (Å²) in [6.45, 7) is 1.98. The summed E-state index contributed by atoms with van der Waals surface area (Å²) < 4.78 is 18.9. The normalized spacial score (nSPS) is 19.5. The first kappa shape index (κ1) is 17.9. The molecule has 2 aliphatic rings. The van der Waals surface area contributed by atoms with Crippen LogP contribution in [0.15, 0.2) is 60.0 Å². The van der Waals surface area contributed by atoms with Crippen molar-refractivity contribution in [3.63, 3.8) is 0 Å². The van der Waals surface area contributed by atoms with Crippen LogP contribution in [0.1, 0.15) is 22.4 Å². The third-order valence-corrected chi connectivity index (χ3v) is 5.65. The number of rotatable bonds is 2. The molecule has 5 rings (SSSR count). The fourth-order valence-electron chi connectivity index (χ4n) is 4.39. The average Bonchev–Trinajstić information content (AvgIpc) is 3.22. The molecule has 3 N–H and O–H groups in total. The highest BCUT2D eigenvalue weighted by Gasteiger charge is 2.60. The van der Waals surface area contributed by atoms with Crippen LogP contribution in [-0.2, 0) is 16.8 Å². The standard InChI is InChI=1S/C22H16FN5O2/c1-12-18-20(27-26-12)30-19(25)16(10-24)22(18)15-4-2-3-5-17(15)28(21(22)29)11-13-6-8-14(23)9-7-13/h2-9H,11,25H2,1H3,(H,26,27)/t22-/m0/s1. The molecule has 30 heavy (non-hydrogen) atoms. The van der Waals surface area contributed by atoms with Crippen molar-refractivity contribution < 1.29 is 13.9 Å². The Kier molecular flexibility index (Phi) is 3.70. The van der Waals surface area contributed by atoms with E-state index in [0.29, 0.717) is 22.5 Å². The van der Waals surface area contributed by atoms with Crippen molar-refractivity contribution in [2.45, 2.75) is 18.9 Å². The van der Waals surface area contributed by atoms with Gasteiger partial charge in [0.1, 0.15) is 22.9 Å². The maximum absolute atomic E-state index is 14.1. The fourth-order valence-corrected chi connectivity index (χ4v) is 4.39. The lowest BCUT2D eigenvalue weighted by atomic mass is 9.69. The van der Waals surface area contributed by atoms with Crippen molar-refractivity contribution in [1.29, 1.82) is 5.26 Å². The number of carbonyl (C=O) groups excluding carboxylic acids is 1. The number of fused-ring (bicyclic) bond motifs is 4. The number of anilines is 1. The molecular formula is C22H16FN5O2. The summed E-state index contributed by atoms with van der Waals surface area (Å²) in [5.74, 6) is -0.658. The fraction of sp³-hybridized carbons (Fsp3) is 0.136. The molecule has 1 aromatic heterocycles. The van der Waals surface area contributed by atoms with Crippen LogP contribution in [0.25, 0.3) is 0 Å². The van der Waals surface area contributed by atoms with E-state index in [1.165, 1.54) is 12.1 Å². The number of aromatic amines is 1. The highest BCUT2D eigenvalue weighted by molar-refractivity contribution is 6.14. The Morgan fingerprint density at radius 2 is 2.00 bits per heavy atom. The lowest BCUT2D eigenvalue weighted by Gasteiger charge is -2.32. The lowest BCUT2D eigenvalue weighted by molar-refractivity contribution is -0.121. The minimum Gasteiger partial charge on any atom is -0.420 e. The van der Waals surface area contributed by atoms with Crippen molar-refractivity contribution in [1.82, 2.24) is 10.2 Å². The number of nitriles is 1. The van der Waals surface area contributed by atoms with Crippen LogP contribution >= 0.6 is 0 Å². The molecule has 0 radical (unpaired) electrons. The summed E-state index contributed by atoms with van der Waals surface area (Å²) in [4.78, 5) is 15.6. The number of ether oxygens (including phenoxy) is 1. The predicted molar refractivity (Wildman–Crippen MR) is 106 cm³/mol. The van der Waals surface area contributed by atoms with Crippen LogP contribution < -0.4 is 15.4 Å². The summed E-state index contributed by atoms with van der Waals surface area (Å²) in [5.41, 5.74) is 7.76. The van der Waals surface area contributed by atoms with Crippen molar-refractivity contribution >= 4 is 11.6 Å². The van der Waals surface area contributed by atoms with Gasteiger partial charge in [0.05, 0.1) is 12.1 Å². The maximum Gasteiger partial charge on any atom is 0.248 e. The van der Waals surface area contributed by atoms with Gasteiger partial charge in [-0.05, 0) is 30.7 Å². The number of para-hydroxylation sites is 1. The van der Waals surface area contributed by atoms with Crippen LogP contribution in [0, 0.1) is 24.1 Å². The highest BCUT2D eigenvalue weighted by atomic mass is 19.1. The molecule has 148 valence electrons. The molecule has 0 bridgehead atoms. The summed E-state index contributed by atoms with van der Waals surface area (Å²) in [6, 6.07) is 15.3. The first-order chi connectivity index (χ1) is 14.5. The molecule has 7 nitrogen and oxygen atoms in total. The monoisotopic (exact) mass is 401 g/mol. The third-order valence-electron chi connectivity index (χ3n) is 5.65. The Hall–Kier alpha value is -4.12. The van der Waals surface area contributed by atoms with Gasteiger partial charge in [-0.3, -0.25) is 9.89 Å². The first-order valence-corrected chi connectivity index (χ1v) is 9.28. The van der Waals surface area contributed by atoms with E-state index in [9.17, 15) is 14.4 Å². The zero-order valence-corrected chi connectivity index (χ0v) is 15.9. The number of carbonyl (C=O) groups is 1. The van der Waals surface area contributed by atoms with E-state index in [1.807, 2.05) is 24.3 Å². The van der Waals surface area contributed by atoms with Crippen LogP contribution in [0.3, 0.4) is 0 Å². The Morgan fingerprint density at radius 3 is 2.73 bits per heavy atom. The molecule has 0 saturated heterocycles. The van der Waals surface area contributed by atoms with Crippen molar-refractivity contribution in [2.24, 2.45) is 5.73 Å². The number of halogens is 1. The molecule has 2 aliphatic heterocycles. The average molecular weight is 401 g/mol. The second kappa shape index (κ2) is 6.19. The smallest absolute Gasteiger partial charge is 0.248 e. The van der Waals surface area contributed by atoms with E-state index in [2.05, 4.69) is 16.3 Å². The van der Waals surface area contributed by atoms with Crippen LogP contribution in [0.2, 0.25) is 0 Å². The van der Waals surface area contributed by atoms with Crippen molar-refractivity contribution in [2.75, 3.05) is 4.90 Å². The molecule has 1 spiro atoms. The Balaban J connectivity index is 1.77. The van der Waals surface area contributed by atoms with Gasteiger partial charge >= 0.3 is 0 Å². The quantitative estimate of drug-likeness (QED) is 0.687. The molecule has 0 fully saturated rings. The van der Waals surface area contributed by atoms with Crippen molar-refractivity contribution in [3.8, 4) is 11.9 Å². The summed E-state index contributed by atoms with van der Waals surface area (Å²) in [6.07, 6.45) is 0. The molecule has 3 heterocycles. The molecule has 1 amide bonds. The number of hydrogen-bond acceptors (Lipinski definition) is 5. The molecule has 8 heteroatoms. The van der Waals surface area contributed by atoms with Gasteiger partial charge in [0.15, 0.2) is 0 Å². The molecule has 0 unspecified atom stereocenters. The topological polar surface area (TPSA) is 108 Å². The zero-order valence-electron chi connectivity index (χ0n) is 15.9. The van der Waals surface area contributed by atoms with Gasteiger partial charge in [-0.1, -0.05) is 30.3 Å². The maximum atomic E-state index is 14.1. The summed E-state index contributed by atoms with van der Waals surface area (Å²) in [5, 5.41) is 17.0. The molecule has 1 atom stereocenters. The number of amides is 1. The van der Waals surface area contributed by atoms with E-state index in [4.69, 9.17) is 10.5 Å². The molecule has 0 saturated carbocycles. The SMILES string of the molecule is Cc1[nH]nc2c1[C@@]1(C(=O)N(Cc3ccc(F)cc3)c3ccccc31)C(C#N)=C(N)O2. The van der Waals surface area contributed by atoms with E-state index in [-0.39, 0.29) is 35.6 Å². The molecule has 2 aromatic carbocycles. The van der Waals surface area contributed by atoms with Gasteiger partial charge in [-0.2, -0.15) is 5.26 Å². The van der Waals surface area contributed by atoms with Gasteiger partial charge in [0, 0.05) is 16.9 Å². The lowest BCUT2D eigenvalue weighted by Crippen LogP contribution is -2.45. The number of aromatic nitrogens is 2. The second-order valence-electron chi connectivity index (χ2n) is 7.27. The first-order valence-electron chi connectivity index (χ1n) is 9.28. The molecular weight excluding hydrogens is 385 g/mol. The third kappa shape index (κ3) is 2.17. The molecule has 3 aromatic rings. The van der Waals surface area contributed by atoms with Gasteiger partial charge < -0.3 is 15.4 Å². The number of H-pyrrole nitrogens is 1. The van der Waals surface area contributed by atoms with Gasteiger partial charge in [-0.15, -0.1) is 5.10 Å². The van der Waals surface area contributed by atoms with Crippen molar-refractivity contribution in [3.05, 3.63) is 88.2 Å². The van der Waals surface area contributed by atoms with Gasteiger partial charge in [0.25, 0.3) is 0 Å². The Morgan fingerprint density at radius 1 is 1.27 bits per heavy atom. The zero-order chi connectivity index (χ0) is 21.0. The second-order valence-corrected chi connectivity index (χ2v) is 7.27. The predicted octanol–water partition coefficient (Wildman–Crippen LogP) is 2.78. The summed E-state index contributed by atoms with van der Waals surface area (Å²) >= 11 is 0. The number of nitrogens with one attached hydrogen (secondary N) is 1. The number of nitrogens with zero attached hydrogens (tertiary/aromatic N) is 3. The number of benzene rings is 2. The minimum absolute atomic E-state index is 0.0264. The number of hydrogen-bond donors (Lipinski definition) is 2. The number of nitrogens with two attached hydrogens (primary N) is 1. The van der Waals surface area contributed by atoms with E-state index < -0.39 is 5.41 Å². The summed E-state index contributed by atoms with van der Waals surface area (Å²) in [7, 11) is 0. The Labute approximate surface area is 171 Å². The van der Waals surface area contributed by atoms with Gasteiger partial charge in [-0.25, -0.2) is 4.39 Å². The minimum atomic E-state index is -1.46. The van der Waals surface area contributed by atoms with Crippen LogP contribution in [0.4, 0.5) is 10.1 Å². The largest absolute Gasteiger partial charge is 0.420 e. The Bertz CT molecular complexity index is 1270. The molecule has 0 aliphatic carbocycles. The van der Waals surface area contributed by atoms with Crippen LogP contribution in [-0.4, -0.2) is 16.1 Å².